The van der Waals surface area contributed by atoms with Gasteiger partial charge in [0, 0.05) is 6.42 Å². The molecule has 0 aliphatic rings. The highest BCUT2D eigenvalue weighted by Crippen LogP contribution is 2.12. The van der Waals surface area contributed by atoms with Gasteiger partial charge in [-0.25, -0.2) is 0 Å². The van der Waals surface area contributed by atoms with E-state index in [1.54, 1.807) is 0 Å². The van der Waals surface area contributed by atoms with Crippen molar-refractivity contribution in [2.24, 2.45) is 0 Å². The number of esters is 1. The number of carbonyl (C=O) groups is 2. The molecule has 0 radical (unpaired) electrons. The van der Waals surface area contributed by atoms with Gasteiger partial charge in [0.05, 0.1) is 6.61 Å². The molecule has 0 aliphatic heterocycles. The Bertz CT molecular complexity index is 387. The zero-order valence-corrected chi connectivity index (χ0v) is 16.6. The van der Waals surface area contributed by atoms with Crippen LogP contribution in [0.5, 0.6) is 0 Å². The maximum Gasteiger partial charge on any atom is 0.306 e. The van der Waals surface area contributed by atoms with Gasteiger partial charge in [0.25, 0.3) is 0 Å². The molecule has 7 nitrogen and oxygen atoms in total. The number of hydrogen-bond donors (Lipinski definition) is 4. The Labute approximate surface area is 162 Å². The normalized spacial score (nSPS) is 14.6. The molecule has 0 amide bonds. The predicted molar refractivity (Wildman–Crippen MR) is 102 cm³/mol. The summed E-state index contributed by atoms with van der Waals surface area (Å²) < 4.78 is 4.78. The summed E-state index contributed by atoms with van der Waals surface area (Å²) in [6.45, 7) is 0.767. The van der Waals surface area contributed by atoms with Gasteiger partial charge in [-0.2, -0.15) is 0 Å². The van der Waals surface area contributed by atoms with Crippen LogP contribution in [0.2, 0.25) is 0 Å². The second-order valence-electron chi connectivity index (χ2n) is 7.10. The average molecular weight is 391 g/mol. The van der Waals surface area contributed by atoms with Gasteiger partial charge < -0.3 is 25.2 Å². The molecule has 160 valence electrons. The van der Waals surface area contributed by atoms with E-state index in [1.807, 2.05) is 0 Å². The molecule has 0 fully saturated rings. The van der Waals surface area contributed by atoms with Crippen molar-refractivity contribution in [3.8, 4) is 0 Å². The second kappa shape index (κ2) is 17.1. The smallest absolute Gasteiger partial charge is 0.306 e. The van der Waals surface area contributed by atoms with Crippen LogP contribution in [0.1, 0.15) is 84.0 Å². The fourth-order valence-electron chi connectivity index (χ4n) is 2.75. The SMILES string of the molecule is CCCCCCCCCCCCCC(=O)OCC(=O)[C@H](O)[C@@H](O)[C@H](O)CO. The molecule has 7 heteroatoms. The standard InChI is InChI=1S/C20H38O7/c1-2-3-4-5-6-7-8-9-10-11-12-13-18(24)27-15-17(23)20(26)19(25)16(22)14-21/h16,19-22,25-26H,2-15H2,1H3/t16-,19+,20+/m1/s1. The van der Waals surface area contributed by atoms with Gasteiger partial charge in [0.15, 0.2) is 6.61 Å². The molecule has 0 unspecified atom stereocenters. The van der Waals surface area contributed by atoms with Crippen LogP contribution in [0.3, 0.4) is 0 Å². The van der Waals surface area contributed by atoms with Crippen molar-refractivity contribution >= 4 is 11.8 Å². The van der Waals surface area contributed by atoms with Crippen LogP contribution in [0.25, 0.3) is 0 Å². The van der Waals surface area contributed by atoms with Crippen molar-refractivity contribution in [3.05, 3.63) is 0 Å². The summed E-state index contributed by atoms with van der Waals surface area (Å²) in [6, 6.07) is 0. The van der Waals surface area contributed by atoms with Crippen molar-refractivity contribution in [2.45, 2.75) is 102 Å². The first-order chi connectivity index (χ1) is 12.9. The molecule has 0 bridgehead atoms. The van der Waals surface area contributed by atoms with E-state index in [1.165, 1.54) is 51.4 Å². The first kappa shape index (κ1) is 26.0. The van der Waals surface area contributed by atoms with E-state index in [4.69, 9.17) is 9.84 Å². The molecule has 0 rings (SSSR count). The van der Waals surface area contributed by atoms with Crippen LogP contribution in [-0.4, -0.2) is 63.7 Å². The Kier molecular flexibility index (Phi) is 16.5. The van der Waals surface area contributed by atoms with Crippen LogP contribution in [0, 0.1) is 0 Å². The quantitative estimate of drug-likeness (QED) is 0.208. The van der Waals surface area contributed by atoms with Gasteiger partial charge >= 0.3 is 5.97 Å². The zero-order chi connectivity index (χ0) is 20.5. The number of aliphatic hydroxyl groups excluding tert-OH is 4. The number of ketones is 1. The third kappa shape index (κ3) is 13.7. The summed E-state index contributed by atoms with van der Waals surface area (Å²) in [5.41, 5.74) is 0. The largest absolute Gasteiger partial charge is 0.458 e. The number of rotatable bonds is 18. The molecule has 0 saturated carbocycles. The summed E-state index contributed by atoms with van der Waals surface area (Å²) in [4.78, 5) is 23.2. The van der Waals surface area contributed by atoms with Crippen molar-refractivity contribution in [1.29, 1.82) is 0 Å². The van der Waals surface area contributed by atoms with Gasteiger partial charge in [-0.1, -0.05) is 71.1 Å². The first-order valence-corrected chi connectivity index (χ1v) is 10.3. The van der Waals surface area contributed by atoms with Gasteiger partial charge in [-0.15, -0.1) is 0 Å². The van der Waals surface area contributed by atoms with E-state index in [0.29, 0.717) is 6.42 Å². The summed E-state index contributed by atoms with van der Waals surface area (Å²) in [5, 5.41) is 36.8. The summed E-state index contributed by atoms with van der Waals surface area (Å²) in [5.74, 6) is -1.44. The fourth-order valence-corrected chi connectivity index (χ4v) is 2.75. The third-order valence-corrected chi connectivity index (χ3v) is 4.59. The van der Waals surface area contributed by atoms with Crippen molar-refractivity contribution in [1.82, 2.24) is 0 Å². The van der Waals surface area contributed by atoms with Crippen molar-refractivity contribution in [2.75, 3.05) is 13.2 Å². The number of unbranched alkanes of at least 4 members (excludes halogenated alkanes) is 10. The van der Waals surface area contributed by atoms with Crippen LogP contribution < -0.4 is 0 Å². The van der Waals surface area contributed by atoms with E-state index in [2.05, 4.69) is 6.92 Å². The molecular weight excluding hydrogens is 352 g/mol. The number of Topliss-reactive ketones (excluding diaryl/α,β-unsaturated/α-hetero) is 1. The second-order valence-corrected chi connectivity index (χ2v) is 7.10. The Balaban J connectivity index is 3.60. The lowest BCUT2D eigenvalue weighted by Gasteiger charge is -2.20. The summed E-state index contributed by atoms with van der Waals surface area (Å²) in [7, 11) is 0. The maximum atomic E-state index is 11.6. The number of ether oxygens (including phenoxy) is 1. The molecule has 0 aliphatic carbocycles. The molecule has 0 aromatic heterocycles. The van der Waals surface area contributed by atoms with Crippen LogP contribution in [0.4, 0.5) is 0 Å². The highest BCUT2D eigenvalue weighted by Gasteiger charge is 2.30. The zero-order valence-electron chi connectivity index (χ0n) is 16.6. The molecular formula is C20H38O7. The third-order valence-electron chi connectivity index (χ3n) is 4.59. The lowest BCUT2D eigenvalue weighted by atomic mass is 10.1. The molecule has 27 heavy (non-hydrogen) atoms. The highest BCUT2D eigenvalue weighted by atomic mass is 16.5. The predicted octanol–water partition coefficient (Wildman–Crippen LogP) is 1.87. The Hall–Kier alpha value is -1.02. The maximum absolute atomic E-state index is 11.6. The highest BCUT2D eigenvalue weighted by molar-refractivity contribution is 5.86. The molecule has 0 spiro atoms. The molecule has 0 saturated heterocycles. The minimum Gasteiger partial charge on any atom is -0.458 e. The topological polar surface area (TPSA) is 124 Å². The van der Waals surface area contributed by atoms with Gasteiger partial charge in [-0.05, 0) is 6.42 Å². The number of carbonyl (C=O) groups excluding carboxylic acids is 2. The minimum absolute atomic E-state index is 0.211. The number of aliphatic hydroxyl groups is 4. The summed E-state index contributed by atoms with van der Waals surface area (Å²) in [6.07, 6.45) is 7.78. The van der Waals surface area contributed by atoms with E-state index in [-0.39, 0.29) is 6.42 Å². The van der Waals surface area contributed by atoms with Gasteiger partial charge in [-0.3, -0.25) is 9.59 Å². The lowest BCUT2D eigenvalue weighted by Crippen LogP contribution is -2.45. The van der Waals surface area contributed by atoms with Crippen LogP contribution in [-0.2, 0) is 14.3 Å². The van der Waals surface area contributed by atoms with Crippen LogP contribution in [0.15, 0.2) is 0 Å². The van der Waals surface area contributed by atoms with E-state index in [9.17, 15) is 24.9 Å². The Morgan fingerprint density at radius 2 is 1.30 bits per heavy atom. The molecule has 0 aromatic rings. The monoisotopic (exact) mass is 390 g/mol. The lowest BCUT2D eigenvalue weighted by molar-refractivity contribution is -0.155. The molecule has 0 heterocycles. The molecule has 0 aromatic carbocycles. The van der Waals surface area contributed by atoms with Gasteiger partial charge in [0.2, 0.25) is 5.78 Å². The van der Waals surface area contributed by atoms with E-state index in [0.717, 1.165) is 12.8 Å². The van der Waals surface area contributed by atoms with Gasteiger partial charge in [0.1, 0.15) is 18.3 Å². The number of hydrogen-bond acceptors (Lipinski definition) is 7. The van der Waals surface area contributed by atoms with E-state index >= 15 is 0 Å². The van der Waals surface area contributed by atoms with Crippen molar-refractivity contribution < 1.29 is 34.8 Å². The summed E-state index contributed by atoms with van der Waals surface area (Å²) >= 11 is 0. The average Bonchev–Trinajstić information content (AvgIpc) is 2.68. The Morgan fingerprint density at radius 1 is 0.815 bits per heavy atom. The van der Waals surface area contributed by atoms with Crippen LogP contribution >= 0.6 is 0 Å². The first-order valence-electron chi connectivity index (χ1n) is 10.3. The van der Waals surface area contributed by atoms with E-state index < -0.39 is 43.3 Å². The minimum atomic E-state index is -1.90. The molecule has 3 atom stereocenters. The Morgan fingerprint density at radius 3 is 1.78 bits per heavy atom. The molecule has 4 N–H and O–H groups in total. The fraction of sp³-hybridized carbons (Fsp3) is 0.900. The van der Waals surface area contributed by atoms with Crippen molar-refractivity contribution in [3.63, 3.8) is 0 Å².